The van der Waals surface area contributed by atoms with Crippen molar-refractivity contribution in [3.63, 3.8) is 0 Å². The molecule has 0 saturated heterocycles. The van der Waals surface area contributed by atoms with E-state index >= 15 is 0 Å². The molecule has 0 aromatic heterocycles. The summed E-state index contributed by atoms with van der Waals surface area (Å²) < 4.78 is 19.5. The fourth-order valence-corrected chi connectivity index (χ4v) is 1.59. The summed E-state index contributed by atoms with van der Waals surface area (Å²) in [5.41, 5.74) is 0.880. The molecule has 0 radical (unpaired) electrons. The van der Waals surface area contributed by atoms with Crippen molar-refractivity contribution in [3.05, 3.63) is 40.6 Å². The number of ether oxygens (including phenoxy) is 1. The van der Waals surface area contributed by atoms with Crippen LogP contribution in [0.1, 0.15) is 19.4 Å². The predicted octanol–water partition coefficient (Wildman–Crippen LogP) is 3.86. The average Bonchev–Trinajstić information content (AvgIpc) is 2.25. The lowest BCUT2D eigenvalue weighted by Gasteiger charge is -2.10. The quantitative estimate of drug-likeness (QED) is 0.825. The number of rotatable bonds is 7. The molecule has 1 aromatic carbocycles. The largest absolute Gasteiger partial charge is 0.488 e. The molecule has 0 amide bonds. The second kappa shape index (κ2) is 7.54. The van der Waals surface area contributed by atoms with E-state index in [1.807, 2.05) is 6.07 Å². The highest BCUT2D eigenvalue weighted by Crippen LogP contribution is 2.17. The predicted molar refractivity (Wildman–Crippen MR) is 76.5 cm³/mol. The highest BCUT2D eigenvalue weighted by Gasteiger charge is 2.03. The van der Waals surface area contributed by atoms with Gasteiger partial charge in [0.1, 0.15) is 18.2 Å². The van der Waals surface area contributed by atoms with Crippen LogP contribution in [-0.2, 0) is 6.54 Å². The number of hydrogen-bond acceptors (Lipinski definition) is 2. The maximum absolute atomic E-state index is 13.4. The standard InChI is InChI=1S/C14H19BrFNO/c1-10(2)7-17-8-12-4-13(16)6-14(5-12)18-9-11(3)15/h4-6,10,17H,3,7-9H2,1-2H3. The molecule has 0 spiro atoms. The summed E-state index contributed by atoms with van der Waals surface area (Å²) >= 11 is 3.20. The summed E-state index contributed by atoms with van der Waals surface area (Å²) in [6.45, 7) is 9.82. The van der Waals surface area contributed by atoms with Crippen molar-refractivity contribution in [1.29, 1.82) is 0 Å². The van der Waals surface area contributed by atoms with Crippen LogP contribution in [0.4, 0.5) is 4.39 Å². The summed E-state index contributed by atoms with van der Waals surface area (Å²) in [6, 6.07) is 4.73. The Kier molecular flexibility index (Phi) is 6.36. The highest BCUT2D eigenvalue weighted by atomic mass is 79.9. The highest BCUT2D eigenvalue weighted by molar-refractivity contribution is 9.11. The Hall–Kier alpha value is -0.870. The van der Waals surface area contributed by atoms with Crippen molar-refractivity contribution in [2.45, 2.75) is 20.4 Å². The number of nitrogens with one attached hydrogen (secondary N) is 1. The second-order valence-corrected chi connectivity index (χ2v) is 5.75. The first-order valence-electron chi connectivity index (χ1n) is 5.93. The maximum Gasteiger partial charge on any atom is 0.127 e. The first-order chi connectivity index (χ1) is 8.47. The van der Waals surface area contributed by atoms with Gasteiger partial charge in [0.05, 0.1) is 0 Å². The molecule has 1 N–H and O–H groups in total. The Labute approximate surface area is 116 Å². The van der Waals surface area contributed by atoms with Crippen molar-refractivity contribution in [2.24, 2.45) is 5.92 Å². The third-order valence-electron chi connectivity index (χ3n) is 2.21. The van der Waals surface area contributed by atoms with Gasteiger partial charge in [-0.1, -0.05) is 36.4 Å². The first kappa shape index (κ1) is 15.2. The molecule has 0 aliphatic carbocycles. The van der Waals surface area contributed by atoms with Crippen LogP contribution in [0.15, 0.2) is 29.3 Å². The summed E-state index contributed by atoms with van der Waals surface area (Å²) in [6.07, 6.45) is 0. The molecule has 0 fully saturated rings. The molecular formula is C14H19BrFNO. The van der Waals surface area contributed by atoms with E-state index in [-0.39, 0.29) is 5.82 Å². The van der Waals surface area contributed by atoms with Crippen LogP contribution >= 0.6 is 15.9 Å². The molecule has 0 heterocycles. The molecule has 0 unspecified atom stereocenters. The van der Waals surface area contributed by atoms with E-state index < -0.39 is 0 Å². The number of benzene rings is 1. The molecule has 1 rings (SSSR count). The lowest BCUT2D eigenvalue weighted by Crippen LogP contribution is -2.19. The van der Waals surface area contributed by atoms with Crippen molar-refractivity contribution >= 4 is 15.9 Å². The molecule has 0 aliphatic heterocycles. The van der Waals surface area contributed by atoms with Gasteiger partial charge in [-0.05, 0) is 30.2 Å². The second-order valence-electron chi connectivity index (χ2n) is 4.63. The summed E-state index contributed by atoms with van der Waals surface area (Å²) in [5.74, 6) is 0.817. The van der Waals surface area contributed by atoms with Gasteiger partial charge in [0.25, 0.3) is 0 Å². The Bertz CT molecular complexity index is 407. The SMILES string of the molecule is C=C(Br)COc1cc(F)cc(CNCC(C)C)c1. The lowest BCUT2D eigenvalue weighted by molar-refractivity contribution is 0.358. The molecule has 0 saturated carbocycles. The van der Waals surface area contributed by atoms with E-state index in [0.29, 0.717) is 24.8 Å². The molecule has 18 heavy (non-hydrogen) atoms. The monoisotopic (exact) mass is 315 g/mol. The molecule has 100 valence electrons. The van der Waals surface area contributed by atoms with Crippen molar-refractivity contribution in [1.82, 2.24) is 5.32 Å². The van der Waals surface area contributed by atoms with Gasteiger partial charge < -0.3 is 10.1 Å². The summed E-state index contributed by atoms with van der Waals surface area (Å²) in [4.78, 5) is 0. The van der Waals surface area contributed by atoms with Gasteiger partial charge in [-0.25, -0.2) is 4.39 Å². The van der Waals surface area contributed by atoms with Gasteiger partial charge >= 0.3 is 0 Å². The van der Waals surface area contributed by atoms with Crippen molar-refractivity contribution in [3.8, 4) is 5.75 Å². The minimum Gasteiger partial charge on any atom is -0.488 e. The molecule has 2 nitrogen and oxygen atoms in total. The molecule has 0 atom stereocenters. The third-order valence-corrected chi connectivity index (χ3v) is 2.44. The molecular weight excluding hydrogens is 297 g/mol. The zero-order valence-corrected chi connectivity index (χ0v) is 12.4. The van der Waals surface area contributed by atoms with Crippen molar-refractivity contribution < 1.29 is 9.13 Å². The maximum atomic E-state index is 13.4. The average molecular weight is 316 g/mol. The summed E-state index contributed by atoms with van der Waals surface area (Å²) in [5, 5.41) is 3.27. The van der Waals surface area contributed by atoms with Gasteiger partial charge in [-0.3, -0.25) is 0 Å². The van der Waals surface area contributed by atoms with Gasteiger partial charge in [0, 0.05) is 17.1 Å². The summed E-state index contributed by atoms with van der Waals surface area (Å²) in [7, 11) is 0. The fraction of sp³-hybridized carbons (Fsp3) is 0.429. The van der Waals surface area contributed by atoms with E-state index in [4.69, 9.17) is 4.74 Å². The van der Waals surface area contributed by atoms with E-state index in [0.717, 1.165) is 16.6 Å². The number of halogens is 2. The Morgan fingerprint density at radius 1 is 1.44 bits per heavy atom. The Morgan fingerprint density at radius 2 is 2.17 bits per heavy atom. The third kappa shape index (κ3) is 6.17. The van der Waals surface area contributed by atoms with Crippen LogP contribution in [0.2, 0.25) is 0 Å². The Balaban J connectivity index is 2.59. The van der Waals surface area contributed by atoms with Crippen LogP contribution < -0.4 is 10.1 Å². The van der Waals surface area contributed by atoms with E-state index in [2.05, 4.69) is 41.7 Å². The van der Waals surface area contributed by atoms with Crippen molar-refractivity contribution in [2.75, 3.05) is 13.2 Å². The van der Waals surface area contributed by atoms with E-state index in [1.165, 1.54) is 12.1 Å². The van der Waals surface area contributed by atoms with E-state index in [1.54, 1.807) is 0 Å². The van der Waals surface area contributed by atoms with Crippen LogP contribution in [0.3, 0.4) is 0 Å². The topological polar surface area (TPSA) is 21.3 Å². The normalized spacial score (nSPS) is 10.7. The zero-order valence-electron chi connectivity index (χ0n) is 10.8. The van der Waals surface area contributed by atoms with Gasteiger partial charge in [0.2, 0.25) is 0 Å². The molecule has 0 aliphatic rings. The molecule has 4 heteroatoms. The number of hydrogen-bond donors (Lipinski definition) is 1. The lowest BCUT2D eigenvalue weighted by atomic mass is 10.2. The van der Waals surface area contributed by atoms with Crippen LogP contribution in [0, 0.1) is 11.7 Å². The van der Waals surface area contributed by atoms with Gasteiger partial charge in [-0.15, -0.1) is 0 Å². The van der Waals surface area contributed by atoms with Crippen LogP contribution in [0.5, 0.6) is 5.75 Å². The van der Waals surface area contributed by atoms with Gasteiger partial charge in [0.15, 0.2) is 0 Å². The zero-order chi connectivity index (χ0) is 13.5. The smallest absolute Gasteiger partial charge is 0.127 e. The Morgan fingerprint density at radius 3 is 2.78 bits per heavy atom. The first-order valence-corrected chi connectivity index (χ1v) is 6.73. The molecule has 1 aromatic rings. The van der Waals surface area contributed by atoms with Crippen LogP contribution in [-0.4, -0.2) is 13.2 Å². The van der Waals surface area contributed by atoms with Crippen LogP contribution in [0.25, 0.3) is 0 Å². The van der Waals surface area contributed by atoms with Gasteiger partial charge in [-0.2, -0.15) is 0 Å². The fourth-order valence-electron chi connectivity index (χ4n) is 1.47. The minimum atomic E-state index is -0.283. The minimum absolute atomic E-state index is 0.283. The van der Waals surface area contributed by atoms with E-state index in [9.17, 15) is 4.39 Å². The molecule has 0 bridgehead atoms.